The van der Waals surface area contributed by atoms with Crippen molar-refractivity contribution in [2.75, 3.05) is 30.8 Å². The van der Waals surface area contributed by atoms with E-state index in [1.807, 2.05) is 6.07 Å². The summed E-state index contributed by atoms with van der Waals surface area (Å²) in [6, 6.07) is 3.56. The van der Waals surface area contributed by atoms with Crippen LogP contribution in [0.4, 0.5) is 11.4 Å². The Bertz CT molecular complexity index is 646. The molecule has 1 aromatic heterocycles. The van der Waals surface area contributed by atoms with Crippen molar-refractivity contribution in [2.45, 2.75) is 18.9 Å². The summed E-state index contributed by atoms with van der Waals surface area (Å²) in [5.74, 6) is -0.458. The lowest BCUT2D eigenvalue weighted by Gasteiger charge is -2.34. The Morgan fingerprint density at radius 2 is 2.37 bits per heavy atom. The predicted octanol–water partition coefficient (Wildman–Crippen LogP) is 1.32. The number of nitrogen functional groups attached to an aromatic ring is 1. The second kappa shape index (κ2) is 4.62. The molecule has 1 aliphatic heterocycles. The first-order chi connectivity index (χ1) is 9.17. The topological polar surface area (TPSA) is 84.5 Å². The second-order valence-corrected chi connectivity index (χ2v) is 4.87. The van der Waals surface area contributed by atoms with Crippen LogP contribution < -0.4 is 16.4 Å². The summed E-state index contributed by atoms with van der Waals surface area (Å²) < 4.78 is 10.4. The average Bonchev–Trinajstić information content (AvgIpc) is 2.77. The summed E-state index contributed by atoms with van der Waals surface area (Å²) in [5.41, 5.74) is 8.76. The van der Waals surface area contributed by atoms with E-state index >= 15 is 0 Å². The fourth-order valence-electron chi connectivity index (χ4n) is 2.62. The Hall–Kier alpha value is -1.95. The van der Waals surface area contributed by atoms with E-state index in [0.29, 0.717) is 16.8 Å². The molecule has 3 rings (SSSR count). The molecule has 2 aromatic rings. The molecule has 1 fully saturated rings. The SMILES string of the molecule is COC1CCCN(c2cc3[nH]c(=O)oc3cc2N)C1. The number of aromatic amines is 1. The van der Waals surface area contributed by atoms with Gasteiger partial charge in [0.05, 0.1) is 23.0 Å². The Balaban J connectivity index is 1.99. The van der Waals surface area contributed by atoms with E-state index in [-0.39, 0.29) is 6.10 Å². The highest BCUT2D eigenvalue weighted by molar-refractivity contribution is 5.85. The number of H-pyrrole nitrogens is 1. The van der Waals surface area contributed by atoms with Gasteiger partial charge in [0.15, 0.2) is 5.58 Å². The number of piperidine rings is 1. The van der Waals surface area contributed by atoms with Crippen LogP contribution in [0.15, 0.2) is 21.3 Å². The summed E-state index contributed by atoms with van der Waals surface area (Å²) in [7, 11) is 1.73. The van der Waals surface area contributed by atoms with Gasteiger partial charge in [-0.1, -0.05) is 0 Å². The number of aromatic nitrogens is 1. The zero-order valence-electron chi connectivity index (χ0n) is 10.8. The first-order valence-electron chi connectivity index (χ1n) is 6.37. The van der Waals surface area contributed by atoms with Crippen molar-refractivity contribution >= 4 is 22.5 Å². The van der Waals surface area contributed by atoms with Crippen molar-refractivity contribution in [3.8, 4) is 0 Å². The molecule has 3 N–H and O–H groups in total. The minimum Gasteiger partial charge on any atom is -0.408 e. The van der Waals surface area contributed by atoms with Gasteiger partial charge in [0, 0.05) is 26.3 Å². The van der Waals surface area contributed by atoms with Crippen molar-refractivity contribution in [3.63, 3.8) is 0 Å². The molecule has 0 bridgehead atoms. The molecule has 0 spiro atoms. The summed E-state index contributed by atoms with van der Waals surface area (Å²) >= 11 is 0. The average molecular weight is 263 g/mol. The standard InChI is InChI=1S/C13H17N3O3/c1-18-8-3-2-4-16(7-8)11-6-10-12(5-9(11)14)19-13(17)15-10/h5-6,8H,2-4,7,14H2,1H3,(H,15,17). The molecule has 1 atom stereocenters. The number of benzene rings is 1. The molecule has 0 aliphatic carbocycles. The molecule has 1 aromatic carbocycles. The van der Waals surface area contributed by atoms with E-state index in [2.05, 4.69) is 9.88 Å². The number of anilines is 2. The Morgan fingerprint density at radius 1 is 1.53 bits per heavy atom. The molecule has 1 unspecified atom stereocenters. The third-order valence-electron chi connectivity index (χ3n) is 3.62. The van der Waals surface area contributed by atoms with Gasteiger partial charge in [-0.25, -0.2) is 4.79 Å². The summed E-state index contributed by atoms with van der Waals surface area (Å²) in [5, 5.41) is 0. The molecular formula is C13H17N3O3. The Morgan fingerprint density at radius 3 is 3.16 bits per heavy atom. The summed E-state index contributed by atoms with van der Waals surface area (Å²) in [6.45, 7) is 1.76. The predicted molar refractivity (Wildman–Crippen MR) is 73.5 cm³/mol. The number of nitrogens with one attached hydrogen (secondary N) is 1. The van der Waals surface area contributed by atoms with Crippen molar-refractivity contribution in [1.82, 2.24) is 4.98 Å². The highest BCUT2D eigenvalue weighted by atomic mass is 16.5. The first kappa shape index (κ1) is 12.1. The van der Waals surface area contributed by atoms with Crippen molar-refractivity contribution in [1.29, 1.82) is 0 Å². The van der Waals surface area contributed by atoms with Gasteiger partial charge in [0.2, 0.25) is 0 Å². The molecule has 0 amide bonds. The number of oxazole rings is 1. The number of nitrogens with two attached hydrogens (primary N) is 1. The lowest BCUT2D eigenvalue weighted by molar-refractivity contribution is 0.0894. The molecule has 6 nitrogen and oxygen atoms in total. The molecule has 0 radical (unpaired) electrons. The van der Waals surface area contributed by atoms with Gasteiger partial charge in [-0.15, -0.1) is 0 Å². The molecule has 0 saturated carbocycles. The van der Waals surface area contributed by atoms with E-state index in [0.717, 1.165) is 31.6 Å². The number of rotatable bonds is 2. The van der Waals surface area contributed by atoms with Crippen LogP contribution in [-0.4, -0.2) is 31.3 Å². The van der Waals surface area contributed by atoms with Crippen LogP contribution >= 0.6 is 0 Å². The smallest absolute Gasteiger partial charge is 0.408 e. The Kier molecular flexibility index (Phi) is 2.94. The van der Waals surface area contributed by atoms with Crippen LogP contribution in [0, 0.1) is 0 Å². The minimum absolute atomic E-state index is 0.229. The zero-order chi connectivity index (χ0) is 13.4. The third kappa shape index (κ3) is 2.19. The van der Waals surface area contributed by atoms with E-state index in [9.17, 15) is 4.79 Å². The van der Waals surface area contributed by atoms with Gasteiger partial charge in [0.25, 0.3) is 0 Å². The van der Waals surface area contributed by atoms with E-state index in [4.69, 9.17) is 14.9 Å². The number of hydrogen-bond acceptors (Lipinski definition) is 5. The van der Waals surface area contributed by atoms with Crippen molar-refractivity contribution in [2.24, 2.45) is 0 Å². The van der Waals surface area contributed by atoms with Crippen LogP contribution in [0.5, 0.6) is 0 Å². The maximum atomic E-state index is 11.2. The summed E-state index contributed by atoms with van der Waals surface area (Å²) in [4.78, 5) is 16.0. The van der Waals surface area contributed by atoms with Crippen molar-refractivity contribution < 1.29 is 9.15 Å². The van der Waals surface area contributed by atoms with Gasteiger partial charge < -0.3 is 19.8 Å². The number of ether oxygens (including phenoxy) is 1. The van der Waals surface area contributed by atoms with E-state index in [1.54, 1.807) is 13.2 Å². The fourth-order valence-corrected chi connectivity index (χ4v) is 2.62. The maximum Gasteiger partial charge on any atom is 0.417 e. The quantitative estimate of drug-likeness (QED) is 0.798. The lowest BCUT2D eigenvalue weighted by Crippen LogP contribution is -2.39. The van der Waals surface area contributed by atoms with Gasteiger partial charge in [0.1, 0.15) is 0 Å². The Labute approximate surface area is 110 Å². The van der Waals surface area contributed by atoms with Gasteiger partial charge in [-0.3, -0.25) is 4.98 Å². The first-order valence-corrected chi connectivity index (χ1v) is 6.37. The van der Waals surface area contributed by atoms with E-state index < -0.39 is 5.76 Å². The van der Waals surface area contributed by atoms with Crippen LogP contribution in [0.25, 0.3) is 11.1 Å². The van der Waals surface area contributed by atoms with Crippen molar-refractivity contribution in [3.05, 3.63) is 22.7 Å². The number of nitrogens with zero attached hydrogens (tertiary/aromatic N) is 1. The molecule has 1 saturated heterocycles. The van der Waals surface area contributed by atoms with Crippen LogP contribution in [0.1, 0.15) is 12.8 Å². The highest BCUT2D eigenvalue weighted by Crippen LogP contribution is 2.30. The molecule has 6 heteroatoms. The van der Waals surface area contributed by atoms with Crippen LogP contribution in [0.3, 0.4) is 0 Å². The summed E-state index contributed by atoms with van der Waals surface area (Å²) in [6.07, 6.45) is 2.36. The second-order valence-electron chi connectivity index (χ2n) is 4.87. The lowest BCUT2D eigenvalue weighted by atomic mass is 10.1. The minimum atomic E-state index is -0.458. The van der Waals surface area contributed by atoms with Crippen LogP contribution in [0.2, 0.25) is 0 Å². The van der Waals surface area contributed by atoms with Gasteiger partial charge in [-0.05, 0) is 18.9 Å². The molecule has 102 valence electrons. The third-order valence-corrected chi connectivity index (χ3v) is 3.62. The molecular weight excluding hydrogens is 246 g/mol. The normalized spacial score (nSPS) is 20.1. The van der Waals surface area contributed by atoms with Crippen LogP contribution in [-0.2, 0) is 4.74 Å². The van der Waals surface area contributed by atoms with E-state index in [1.165, 1.54) is 0 Å². The largest absolute Gasteiger partial charge is 0.417 e. The number of hydrogen-bond donors (Lipinski definition) is 2. The zero-order valence-corrected chi connectivity index (χ0v) is 10.8. The monoisotopic (exact) mass is 263 g/mol. The molecule has 1 aliphatic rings. The number of methoxy groups -OCH3 is 1. The highest BCUT2D eigenvalue weighted by Gasteiger charge is 2.21. The molecule has 19 heavy (non-hydrogen) atoms. The fraction of sp³-hybridized carbons (Fsp3) is 0.462. The molecule has 2 heterocycles. The van der Waals surface area contributed by atoms with Gasteiger partial charge >= 0.3 is 5.76 Å². The van der Waals surface area contributed by atoms with Gasteiger partial charge in [-0.2, -0.15) is 0 Å². The maximum absolute atomic E-state index is 11.2. The number of fused-ring (bicyclic) bond motifs is 1.